The normalized spacial score (nSPS) is 29.4. The fourth-order valence-electron chi connectivity index (χ4n) is 2.81. The lowest BCUT2D eigenvalue weighted by Gasteiger charge is -2.22. The predicted octanol–water partition coefficient (Wildman–Crippen LogP) is 1.88. The lowest BCUT2D eigenvalue weighted by atomic mass is 9.87. The van der Waals surface area contributed by atoms with Crippen molar-refractivity contribution in [3.8, 4) is 0 Å². The Balaban J connectivity index is 1.83. The van der Waals surface area contributed by atoms with E-state index in [1.54, 1.807) is 16.4 Å². The first-order valence-corrected chi connectivity index (χ1v) is 9.03. The molecule has 1 unspecified atom stereocenters. The van der Waals surface area contributed by atoms with E-state index >= 15 is 0 Å². The Morgan fingerprint density at radius 1 is 1.39 bits per heavy atom. The molecule has 2 saturated heterocycles. The van der Waals surface area contributed by atoms with E-state index in [1.165, 1.54) is 11.3 Å². The van der Waals surface area contributed by atoms with E-state index in [2.05, 4.69) is 21.2 Å². The molecule has 0 aliphatic carbocycles. The van der Waals surface area contributed by atoms with Gasteiger partial charge in [-0.2, -0.15) is 4.31 Å². The van der Waals surface area contributed by atoms with Gasteiger partial charge in [0.25, 0.3) is 10.0 Å². The van der Waals surface area contributed by atoms with Crippen LogP contribution in [0.1, 0.15) is 12.8 Å². The van der Waals surface area contributed by atoms with Gasteiger partial charge in [0.15, 0.2) is 0 Å². The summed E-state index contributed by atoms with van der Waals surface area (Å²) in [7, 11) is -3.29. The van der Waals surface area contributed by atoms with Crippen molar-refractivity contribution in [2.75, 3.05) is 26.2 Å². The minimum Gasteiger partial charge on any atom is -0.316 e. The number of nitrogens with zero attached hydrogens (tertiary/aromatic N) is 1. The summed E-state index contributed by atoms with van der Waals surface area (Å²) in [5, 5.41) is 3.34. The second-order valence-corrected chi connectivity index (χ2v) is 9.70. The van der Waals surface area contributed by atoms with Gasteiger partial charge >= 0.3 is 0 Å². The molecule has 18 heavy (non-hydrogen) atoms. The summed E-state index contributed by atoms with van der Waals surface area (Å²) in [5.74, 6) is 0. The van der Waals surface area contributed by atoms with Crippen LogP contribution in [0, 0.1) is 5.41 Å². The molecule has 2 fully saturated rings. The van der Waals surface area contributed by atoms with Crippen molar-refractivity contribution in [1.29, 1.82) is 0 Å². The molecule has 1 aromatic rings. The van der Waals surface area contributed by atoms with Gasteiger partial charge in [0.2, 0.25) is 0 Å². The molecule has 3 rings (SSSR count). The smallest absolute Gasteiger partial charge is 0.252 e. The molecule has 0 saturated carbocycles. The van der Waals surface area contributed by atoms with Crippen molar-refractivity contribution in [3.05, 3.63) is 15.9 Å². The second-order valence-electron chi connectivity index (χ2n) is 5.07. The Morgan fingerprint density at radius 2 is 2.22 bits per heavy atom. The zero-order chi connectivity index (χ0) is 12.8. The Kier molecular flexibility index (Phi) is 3.30. The molecule has 0 bridgehead atoms. The van der Waals surface area contributed by atoms with E-state index in [9.17, 15) is 8.42 Å². The molecule has 1 spiro atoms. The van der Waals surface area contributed by atoms with Crippen molar-refractivity contribution in [3.63, 3.8) is 0 Å². The highest BCUT2D eigenvalue weighted by atomic mass is 79.9. The standard InChI is InChI=1S/C11H15BrN2O2S2/c12-9-1-2-10(17-9)18(15,16)14-6-4-11(8-14)3-5-13-7-11/h1-2,13H,3-8H2. The molecule has 0 aromatic carbocycles. The van der Waals surface area contributed by atoms with Gasteiger partial charge in [-0.25, -0.2) is 8.42 Å². The minimum absolute atomic E-state index is 0.182. The summed E-state index contributed by atoms with van der Waals surface area (Å²) in [4.78, 5) is 0. The maximum Gasteiger partial charge on any atom is 0.252 e. The Bertz CT molecular complexity index is 549. The van der Waals surface area contributed by atoms with E-state index in [0.717, 1.165) is 29.7 Å². The van der Waals surface area contributed by atoms with Gasteiger partial charge in [-0.15, -0.1) is 11.3 Å². The van der Waals surface area contributed by atoms with E-state index in [1.807, 2.05) is 0 Å². The van der Waals surface area contributed by atoms with E-state index in [0.29, 0.717) is 17.3 Å². The zero-order valence-corrected chi connectivity index (χ0v) is 13.1. The SMILES string of the molecule is O=S(=O)(c1ccc(Br)s1)N1CCC2(CCNC2)C1. The predicted molar refractivity (Wildman–Crippen MR) is 75.3 cm³/mol. The van der Waals surface area contributed by atoms with Gasteiger partial charge in [-0.05, 0) is 52.9 Å². The summed E-state index contributed by atoms with van der Waals surface area (Å²) in [5.41, 5.74) is 0.182. The van der Waals surface area contributed by atoms with Crippen LogP contribution in [0.4, 0.5) is 0 Å². The number of sulfonamides is 1. The molecule has 3 heterocycles. The van der Waals surface area contributed by atoms with Crippen molar-refractivity contribution in [2.24, 2.45) is 5.41 Å². The van der Waals surface area contributed by atoms with E-state index in [-0.39, 0.29) is 5.41 Å². The fraction of sp³-hybridized carbons (Fsp3) is 0.636. The molecular weight excluding hydrogens is 336 g/mol. The average Bonchev–Trinajstić information content (AvgIpc) is 3.02. The molecule has 7 heteroatoms. The molecule has 0 radical (unpaired) electrons. The lowest BCUT2D eigenvalue weighted by molar-refractivity contribution is 0.338. The first kappa shape index (κ1) is 13.1. The van der Waals surface area contributed by atoms with Crippen molar-refractivity contribution in [2.45, 2.75) is 17.1 Å². The number of thiophene rings is 1. The molecular formula is C11H15BrN2O2S2. The summed E-state index contributed by atoms with van der Waals surface area (Å²) < 4.78 is 27.9. The molecule has 100 valence electrons. The van der Waals surface area contributed by atoms with Crippen LogP contribution in [0.25, 0.3) is 0 Å². The maximum atomic E-state index is 12.5. The van der Waals surface area contributed by atoms with Gasteiger partial charge in [-0.3, -0.25) is 0 Å². The third-order valence-corrected chi connectivity index (χ3v) is 7.81. The maximum absolute atomic E-state index is 12.5. The molecule has 1 aromatic heterocycles. The first-order chi connectivity index (χ1) is 8.52. The number of rotatable bonds is 2. The van der Waals surface area contributed by atoms with E-state index in [4.69, 9.17) is 0 Å². The second kappa shape index (κ2) is 4.56. The van der Waals surface area contributed by atoms with E-state index < -0.39 is 10.0 Å². The topological polar surface area (TPSA) is 49.4 Å². The van der Waals surface area contributed by atoms with Crippen LogP contribution >= 0.6 is 27.3 Å². The molecule has 0 amide bonds. The highest BCUT2D eigenvalue weighted by Crippen LogP contribution is 2.39. The largest absolute Gasteiger partial charge is 0.316 e. The van der Waals surface area contributed by atoms with Crippen LogP contribution in [0.2, 0.25) is 0 Å². The summed E-state index contributed by atoms with van der Waals surface area (Å²) in [6, 6.07) is 3.47. The highest BCUT2D eigenvalue weighted by Gasteiger charge is 2.44. The molecule has 4 nitrogen and oxygen atoms in total. The summed E-state index contributed by atoms with van der Waals surface area (Å²) in [6.45, 7) is 3.28. The number of hydrogen-bond donors (Lipinski definition) is 1. The quantitative estimate of drug-likeness (QED) is 0.885. The van der Waals surface area contributed by atoms with Crippen LogP contribution in [0.15, 0.2) is 20.1 Å². The fourth-order valence-corrected chi connectivity index (χ4v) is 6.52. The summed E-state index contributed by atoms with van der Waals surface area (Å²) >= 11 is 4.60. The van der Waals surface area contributed by atoms with Crippen molar-refractivity contribution >= 4 is 37.3 Å². The first-order valence-electron chi connectivity index (χ1n) is 5.98. The highest BCUT2D eigenvalue weighted by molar-refractivity contribution is 9.11. The number of nitrogens with one attached hydrogen (secondary N) is 1. The summed E-state index contributed by atoms with van der Waals surface area (Å²) in [6.07, 6.45) is 2.07. The van der Waals surface area contributed by atoms with Gasteiger partial charge in [0, 0.05) is 19.6 Å². The Morgan fingerprint density at radius 3 is 2.83 bits per heavy atom. The lowest BCUT2D eigenvalue weighted by Crippen LogP contribution is -2.32. The average molecular weight is 351 g/mol. The molecule has 1 N–H and O–H groups in total. The zero-order valence-electron chi connectivity index (χ0n) is 9.86. The van der Waals surface area contributed by atoms with Crippen LogP contribution in [-0.2, 0) is 10.0 Å². The molecule has 1 atom stereocenters. The molecule has 2 aliphatic rings. The third kappa shape index (κ3) is 2.16. The van der Waals surface area contributed by atoms with Gasteiger partial charge in [-0.1, -0.05) is 0 Å². The van der Waals surface area contributed by atoms with Crippen LogP contribution in [0.5, 0.6) is 0 Å². The van der Waals surface area contributed by atoms with Crippen molar-refractivity contribution < 1.29 is 8.42 Å². The Labute approximate surface area is 120 Å². The van der Waals surface area contributed by atoms with Gasteiger partial charge in [0.1, 0.15) is 4.21 Å². The van der Waals surface area contributed by atoms with Crippen molar-refractivity contribution in [1.82, 2.24) is 9.62 Å². The minimum atomic E-state index is -3.29. The van der Waals surface area contributed by atoms with Crippen LogP contribution < -0.4 is 5.32 Å². The Hall–Kier alpha value is 0.0500. The van der Waals surface area contributed by atoms with Crippen LogP contribution in [0.3, 0.4) is 0 Å². The monoisotopic (exact) mass is 350 g/mol. The van der Waals surface area contributed by atoms with Gasteiger partial charge in [0.05, 0.1) is 3.79 Å². The van der Waals surface area contributed by atoms with Crippen LogP contribution in [-0.4, -0.2) is 38.9 Å². The molecule has 2 aliphatic heterocycles. The van der Waals surface area contributed by atoms with Gasteiger partial charge < -0.3 is 5.32 Å². The number of halogens is 1. The number of hydrogen-bond acceptors (Lipinski definition) is 4. The third-order valence-electron chi connectivity index (χ3n) is 3.88.